The smallest absolute Gasteiger partial charge is 0.220 e. The van der Waals surface area contributed by atoms with Crippen LogP contribution >= 0.6 is 24.0 Å². The zero-order valence-corrected chi connectivity index (χ0v) is 18.2. The van der Waals surface area contributed by atoms with Crippen molar-refractivity contribution in [1.29, 1.82) is 0 Å². The molecule has 0 unspecified atom stereocenters. The zero-order chi connectivity index (χ0) is 20.7. The van der Waals surface area contributed by atoms with Gasteiger partial charge in [-0.25, -0.2) is 4.98 Å². The summed E-state index contributed by atoms with van der Waals surface area (Å²) in [5, 5.41) is 7.60. The van der Waals surface area contributed by atoms with Crippen LogP contribution in [0.25, 0.3) is 33.2 Å². The van der Waals surface area contributed by atoms with E-state index in [0.717, 1.165) is 42.7 Å². The van der Waals surface area contributed by atoms with Crippen LogP contribution < -0.4 is 21.8 Å². The number of nitrogen functional groups attached to an aromatic ring is 1. The van der Waals surface area contributed by atoms with E-state index in [4.69, 9.17) is 21.8 Å². The number of nitrogens with one attached hydrogen (secondary N) is 2. The minimum Gasteiger partial charge on any atom is -0.454 e. The van der Waals surface area contributed by atoms with Gasteiger partial charge in [0.15, 0.2) is 11.1 Å². The number of hydrogen-bond acceptors (Lipinski definition) is 6. The summed E-state index contributed by atoms with van der Waals surface area (Å²) in [6, 6.07) is 15.5. The van der Waals surface area contributed by atoms with Crippen LogP contribution in [0, 0.1) is 0 Å². The molecule has 0 saturated carbocycles. The molecule has 0 aliphatic carbocycles. The SMILES string of the molecule is Cl.Nc1nc2c(=O)c3c(Cl)cccc3oc2cc1-c1ccc(NC2CCNCC2)cc1. The predicted octanol–water partition coefficient (Wildman–Crippen LogP) is 4.83. The highest BCUT2D eigenvalue weighted by molar-refractivity contribution is 6.35. The van der Waals surface area contributed by atoms with Gasteiger partial charge in [0.1, 0.15) is 11.4 Å². The van der Waals surface area contributed by atoms with Gasteiger partial charge < -0.3 is 20.8 Å². The molecule has 160 valence electrons. The second-order valence-electron chi connectivity index (χ2n) is 7.56. The van der Waals surface area contributed by atoms with Gasteiger partial charge in [-0.05, 0) is 61.8 Å². The maximum atomic E-state index is 12.9. The molecular weight excluding hydrogens is 435 g/mol. The molecule has 4 N–H and O–H groups in total. The molecule has 0 spiro atoms. The zero-order valence-electron chi connectivity index (χ0n) is 16.7. The molecule has 1 saturated heterocycles. The highest BCUT2D eigenvalue weighted by Gasteiger charge is 2.16. The van der Waals surface area contributed by atoms with Crippen LogP contribution in [-0.4, -0.2) is 24.1 Å². The van der Waals surface area contributed by atoms with Gasteiger partial charge in [0.2, 0.25) is 5.43 Å². The summed E-state index contributed by atoms with van der Waals surface area (Å²) in [5.41, 5.74) is 9.63. The van der Waals surface area contributed by atoms with Crippen molar-refractivity contribution in [3.8, 4) is 11.1 Å². The first-order chi connectivity index (χ1) is 14.6. The molecule has 4 aromatic rings. The Labute approximate surface area is 190 Å². The largest absolute Gasteiger partial charge is 0.454 e. The fraction of sp³-hybridized carbons (Fsp3) is 0.217. The number of hydrogen-bond donors (Lipinski definition) is 3. The molecule has 1 fully saturated rings. The van der Waals surface area contributed by atoms with E-state index in [9.17, 15) is 4.79 Å². The van der Waals surface area contributed by atoms with Crippen molar-refractivity contribution < 1.29 is 4.42 Å². The van der Waals surface area contributed by atoms with Crippen LogP contribution in [0.3, 0.4) is 0 Å². The molecule has 8 heteroatoms. The predicted molar refractivity (Wildman–Crippen MR) is 129 cm³/mol. The Morgan fingerprint density at radius 3 is 2.58 bits per heavy atom. The number of aromatic nitrogens is 1. The average molecular weight is 457 g/mol. The van der Waals surface area contributed by atoms with Crippen LogP contribution in [0.4, 0.5) is 11.5 Å². The van der Waals surface area contributed by atoms with Crippen LogP contribution in [0.1, 0.15) is 12.8 Å². The number of benzene rings is 2. The van der Waals surface area contributed by atoms with E-state index in [0.29, 0.717) is 27.6 Å². The van der Waals surface area contributed by atoms with Gasteiger partial charge >= 0.3 is 0 Å². The minimum atomic E-state index is -0.281. The van der Waals surface area contributed by atoms with Crippen molar-refractivity contribution in [2.45, 2.75) is 18.9 Å². The van der Waals surface area contributed by atoms with E-state index in [1.807, 2.05) is 24.3 Å². The number of anilines is 2. The summed E-state index contributed by atoms with van der Waals surface area (Å²) in [4.78, 5) is 17.2. The van der Waals surface area contributed by atoms with E-state index in [1.165, 1.54) is 0 Å². The lowest BCUT2D eigenvalue weighted by atomic mass is 10.0. The molecule has 0 amide bonds. The number of pyridine rings is 1. The number of nitrogens with zero attached hydrogens (tertiary/aromatic N) is 1. The topological polar surface area (TPSA) is 93.2 Å². The Balaban J connectivity index is 0.00000231. The third kappa shape index (κ3) is 4.06. The fourth-order valence-electron chi connectivity index (χ4n) is 3.98. The van der Waals surface area contributed by atoms with Crippen molar-refractivity contribution in [3.05, 3.63) is 63.8 Å². The maximum Gasteiger partial charge on any atom is 0.220 e. The number of halogens is 2. The van der Waals surface area contributed by atoms with Gasteiger partial charge in [-0.15, -0.1) is 12.4 Å². The lowest BCUT2D eigenvalue weighted by Gasteiger charge is -2.24. The van der Waals surface area contributed by atoms with E-state index in [1.54, 1.807) is 24.3 Å². The second-order valence-corrected chi connectivity index (χ2v) is 7.97. The van der Waals surface area contributed by atoms with E-state index >= 15 is 0 Å². The van der Waals surface area contributed by atoms with Crippen LogP contribution in [-0.2, 0) is 0 Å². The molecule has 2 aromatic carbocycles. The lowest BCUT2D eigenvalue weighted by Crippen LogP contribution is -2.35. The molecule has 1 aliphatic heterocycles. The van der Waals surface area contributed by atoms with Crippen molar-refractivity contribution in [2.75, 3.05) is 24.1 Å². The molecule has 0 radical (unpaired) electrons. The molecule has 1 aliphatic rings. The number of fused-ring (bicyclic) bond motifs is 2. The normalized spacial score (nSPS) is 14.5. The van der Waals surface area contributed by atoms with Gasteiger partial charge in [0.25, 0.3) is 0 Å². The summed E-state index contributed by atoms with van der Waals surface area (Å²) in [5.74, 6) is 0.278. The summed E-state index contributed by atoms with van der Waals surface area (Å²) in [6.07, 6.45) is 2.22. The molecule has 6 nitrogen and oxygen atoms in total. The molecule has 3 heterocycles. The molecular formula is C23H22Cl2N4O2. The average Bonchev–Trinajstić information content (AvgIpc) is 2.75. The second kappa shape index (κ2) is 8.75. The Morgan fingerprint density at radius 2 is 1.84 bits per heavy atom. The van der Waals surface area contributed by atoms with Crippen LogP contribution in [0.2, 0.25) is 5.02 Å². The molecule has 5 rings (SSSR count). The Morgan fingerprint density at radius 1 is 1.10 bits per heavy atom. The molecule has 0 bridgehead atoms. The van der Waals surface area contributed by atoms with Crippen molar-refractivity contribution in [1.82, 2.24) is 10.3 Å². The first-order valence-corrected chi connectivity index (χ1v) is 10.4. The maximum absolute atomic E-state index is 12.9. The summed E-state index contributed by atoms with van der Waals surface area (Å²) in [7, 11) is 0. The van der Waals surface area contributed by atoms with Gasteiger partial charge in [-0.1, -0.05) is 29.8 Å². The van der Waals surface area contributed by atoms with E-state index in [-0.39, 0.29) is 29.2 Å². The Bertz CT molecular complexity index is 1300. The molecule has 0 atom stereocenters. The van der Waals surface area contributed by atoms with Crippen LogP contribution in [0.5, 0.6) is 0 Å². The first kappa shape index (κ1) is 21.4. The lowest BCUT2D eigenvalue weighted by molar-refractivity contribution is 0.479. The number of piperidine rings is 1. The van der Waals surface area contributed by atoms with Gasteiger partial charge in [0.05, 0.1) is 10.4 Å². The minimum absolute atomic E-state index is 0. The van der Waals surface area contributed by atoms with Gasteiger partial charge in [-0.3, -0.25) is 4.79 Å². The van der Waals surface area contributed by atoms with E-state index < -0.39 is 0 Å². The quantitative estimate of drug-likeness (QED) is 0.382. The third-order valence-electron chi connectivity index (χ3n) is 5.56. The summed E-state index contributed by atoms with van der Waals surface area (Å²) < 4.78 is 5.93. The fourth-order valence-corrected chi connectivity index (χ4v) is 4.23. The standard InChI is InChI=1S/C23H21ClN4O2.ClH/c24-17-2-1-3-18-20(17)22(29)21-19(30-18)12-16(23(25)28-21)13-4-6-14(7-5-13)27-15-8-10-26-11-9-15;/h1-7,12,15,26-27H,8-11H2,(H2,25,28);1H. The molecule has 2 aromatic heterocycles. The first-order valence-electron chi connectivity index (χ1n) is 9.99. The van der Waals surface area contributed by atoms with Crippen molar-refractivity contribution in [2.24, 2.45) is 0 Å². The van der Waals surface area contributed by atoms with E-state index in [2.05, 4.69) is 15.6 Å². The highest BCUT2D eigenvalue weighted by atomic mass is 35.5. The summed E-state index contributed by atoms with van der Waals surface area (Å²) >= 11 is 6.19. The molecule has 31 heavy (non-hydrogen) atoms. The Hall–Kier alpha value is -2.80. The number of rotatable bonds is 3. The van der Waals surface area contributed by atoms with Crippen molar-refractivity contribution in [3.63, 3.8) is 0 Å². The highest BCUT2D eigenvalue weighted by Crippen LogP contribution is 2.31. The van der Waals surface area contributed by atoms with Gasteiger partial charge in [-0.2, -0.15) is 0 Å². The summed E-state index contributed by atoms with van der Waals surface area (Å²) in [6.45, 7) is 2.08. The monoisotopic (exact) mass is 456 g/mol. The number of nitrogens with two attached hydrogens (primary N) is 1. The Kier molecular flexibility index (Phi) is 6.05. The van der Waals surface area contributed by atoms with Crippen LogP contribution in [0.15, 0.2) is 57.7 Å². The van der Waals surface area contributed by atoms with Crippen molar-refractivity contribution >= 4 is 57.6 Å². The third-order valence-corrected chi connectivity index (χ3v) is 5.88. The van der Waals surface area contributed by atoms with Gasteiger partial charge in [0, 0.05) is 17.3 Å².